The number of nitrogens with zero attached hydrogens (tertiary/aromatic N) is 3. The molecule has 0 amide bonds. The highest BCUT2D eigenvalue weighted by molar-refractivity contribution is 7.11. The second-order valence-electron chi connectivity index (χ2n) is 4.53. The van der Waals surface area contributed by atoms with Gasteiger partial charge in [-0.3, -0.25) is 0 Å². The van der Waals surface area contributed by atoms with Gasteiger partial charge in [-0.25, -0.2) is 9.97 Å². The topological polar surface area (TPSA) is 42.7 Å². The third kappa shape index (κ3) is 2.39. The predicted molar refractivity (Wildman–Crippen MR) is 78.4 cm³/mol. The second-order valence-corrected chi connectivity index (χ2v) is 5.85. The number of fused-ring (bicyclic) bond motifs is 1. The van der Waals surface area contributed by atoms with Gasteiger partial charge in [0.2, 0.25) is 0 Å². The van der Waals surface area contributed by atoms with E-state index in [1.807, 2.05) is 32.4 Å². The minimum absolute atomic E-state index is 0.836. The Labute approximate surface area is 116 Å². The molecule has 0 unspecified atom stereocenters. The van der Waals surface area contributed by atoms with Crippen LogP contribution in [0.15, 0.2) is 30.7 Å². The van der Waals surface area contributed by atoms with E-state index in [1.165, 1.54) is 15.8 Å². The second kappa shape index (κ2) is 5.11. The molecule has 0 radical (unpaired) electrons. The van der Waals surface area contributed by atoms with Gasteiger partial charge in [0.25, 0.3) is 0 Å². The van der Waals surface area contributed by atoms with E-state index >= 15 is 0 Å². The molecule has 0 aliphatic rings. The summed E-state index contributed by atoms with van der Waals surface area (Å²) in [5.74, 6) is 0. The average molecular weight is 272 g/mol. The van der Waals surface area contributed by atoms with E-state index in [2.05, 4.69) is 32.1 Å². The molecule has 5 heteroatoms. The zero-order valence-electron chi connectivity index (χ0n) is 11.1. The largest absolute Gasteiger partial charge is 0.327 e. The summed E-state index contributed by atoms with van der Waals surface area (Å²) in [6.07, 6.45) is 5.98. The number of nitrogens with one attached hydrogen (secondary N) is 1. The van der Waals surface area contributed by atoms with Crippen LogP contribution < -0.4 is 5.32 Å². The quantitative estimate of drug-likeness (QED) is 0.794. The van der Waals surface area contributed by atoms with Crippen LogP contribution in [0, 0.1) is 6.92 Å². The summed E-state index contributed by atoms with van der Waals surface area (Å²) in [5.41, 5.74) is 2.32. The fourth-order valence-corrected chi connectivity index (χ4v) is 3.09. The van der Waals surface area contributed by atoms with Gasteiger partial charge in [0.1, 0.15) is 5.65 Å². The molecular formula is C14H16N4S. The van der Waals surface area contributed by atoms with Crippen LogP contribution in [0.4, 0.5) is 0 Å². The molecule has 0 saturated heterocycles. The average Bonchev–Trinajstić information content (AvgIpc) is 2.97. The Kier molecular flexibility index (Phi) is 3.31. The Bertz CT molecular complexity index is 698. The first-order valence-corrected chi connectivity index (χ1v) is 7.08. The van der Waals surface area contributed by atoms with Crippen LogP contribution in [0.1, 0.15) is 15.4 Å². The Hall–Kier alpha value is -1.72. The Balaban J connectivity index is 2.03. The maximum absolute atomic E-state index is 4.51. The zero-order chi connectivity index (χ0) is 13.2. The summed E-state index contributed by atoms with van der Waals surface area (Å²) >= 11 is 1.74. The first kappa shape index (κ1) is 12.3. The summed E-state index contributed by atoms with van der Waals surface area (Å²) < 4.78 is 2.20. The standard InChI is InChI=1S/C14H16N4S/c1-10-17-7-12(19-10)9-18-8-11(6-15-2)13-4-3-5-16-14(13)18/h3-5,7-8,15H,6,9H2,1-2H3. The summed E-state index contributed by atoms with van der Waals surface area (Å²) in [4.78, 5) is 10.1. The number of aromatic nitrogens is 3. The molecule has 98 valence electrons. The van der Waals surface area contributed by atoms with Crippen LogP contribution in [0.3, 0.4) is 0 Å². The van der Waals surface area contributed by atoms with Crippen LogP contribution in [-0.4, -0.2) is 21.6 Å². The van der Waals surface area contributed by atoms with Crippen LogP contribution in [0.25, 0.3) is 11.0 Å². The SMILES string of the molecule is CNCc1cn(Cc2cnc(C)s2)c2ncccc12. The maximum Gasteiger partial charge on any atom is 0.140 e. The van der Waals surface area contributed by atoms with Crippen molar-refractivity contribution in [1.82, 2.24) is 19.9 Å². The molecule has 3 heterocycles. The number of pyridine rings is 1. The van der Waals surface area contributed by atoms with E-state index < -0.39 is 0 Å². The van der Waals surface area contributed by atoms with Gasteiger partial charge >= 0.3 is 0 Å². The number of rotatable bonds is 4. The lowest BCUT2D eigenvalue weighted by Gasteiger charge is -2.01. The number of aryl methyl sites for hydroxylation is 1. The molecular weight excluding hydrogens is 256 g/mol. The predicted octanol–water partition coefficient (Wildman–Crippen LogP) is 2.57. The maximum atomic E-state index is 4.51. The molecule has 0 bridgehead atoms. The highest BCUT2D eigenvalue weighted by Crippen LogP contribution is 2.22. The molecule has 4 nitrogen and oxygen atoms in total. The van der Waals surface area contributed by atoms with Crippen molar-refractivity contribution >= 4 is 22.4 Å². The van der Waals surface area contributed by atoms with Gasteiger partial charge < -0.3 is 9.88 Å². The van der Waals surface area contributed by atoms with Gasteiger partial charge in [0.05, 0.1) is 11.6 Å². The van der Waals surface area contributed by atoms with Crippen LogP contribution >= 0.6 is 11.3 Å². The molecule has 0 aromatic carbocycles. The van der Waals surface area contributed by atoms with Crippen LogP contribution in [-0.2, 0) is 13.1 Å². The summed E-state index contributed by atoms with van der Waals surface area (Å²) in [6, 6.07) is 4.12. The lowest BCUT2D eigenvalue weighted by molar-refractivity contribution is 0.796. The van der Waals surface area contributed by atoms with Crippen molar-refractivity contribution in [3.63, 3.8) is 0 Å². The third-order valence-corrected chi connectivity index (χ3v) is 3.98. The summed E-state index contributed by atoms with van der Waals surface area (Å²) in [6.45, 7) is 3.73. The van der Waals surface area contributed by atoms with Gasteiger partial charge in [0, 0.05) is 35.4 Å². The fraction of sp³-hybridized carbons (Fsp3) is 0.286. The van der Waals surface area contributed by atoms with Crippen molar-refractivity contribution < 1.29 is 0 Å². The van der Waals surface area contributed by atoms with Gasteiger partial charge in [-0.15, -0.1) is 11.3 Å². The molecule has 0 aliphatic heterocycles. The Morgan fingerprint density at radius 3 is 3.00 bits per heavy atom. The van der Waals surface area contributed by atoms with E-state index in [1.54, 1.807) is 11.3 Å². The first-order chi connectivity index (χ1) is 9.28. The van der Waals surface area contributed by atoms with E-state index in [9.17, 15) is 0 Å². The summed E-state index contributed by atoms with van der Waals surface area (Å²) in [5, 5.41) is 5.53. The molecule has 0 aliphatic carbocycles. The van der Waals surface area contributed by atoms with Gasteiger partial charge in [-0.05, 0) is 31.7 Å². The molecule has 1 N–H and O–H groups in total. The van der Waals surface area contributed by atoms with Crippen molar-refractivity contribution in [2.45, 2.75) is 20.0 Å². The highest BCUT2D eigenvalue weighted by Gasteiger charge is 2.09. The van der Waals surface area contributed by atoms with Crippen molar-refractivity contribution in [3.8, 4) is 0 Å². The van der Waals surface area contributed by atoms with Crippen molar-refractivity contribution in [1.29, 1.82) is 0 Å². The number of hydrogen-bond acceptors (Lipinski definition) is 4. The molecule has 3 aromatic rings. The lowest BCUT2D eigenvalue weighted by Crippen LogP contribution is -2.04. The zero-order valence-corrected chi connectivity index (χ0v) is 11.9. The normalized spacial score (nSPS) is 11.3. The van der Waals surface area contributed by atoms with Gasteiger partial charge in [0.15, 0.2) is 0 Å². The number of thiazole rings is 1. The Morgan fingerprint density at radius 1 is 1.37 bits per heavy atom. The van der Waals surface area contributed by atoms with E-state index in [-0.39, 0.29) is 0 Å². The molecule has 3 aromatic heterocycles. The highest BCUT2D eigenvalue weighted by atomic mass is 32.1. The molecule has 0 fully saturated rings. The van der Waals surface area contributed by atoms with E-state index in [0.29, 0.717) is 0 Å². The first-order valence-electron chi connectivity index (χ1n) is 6.26. The molecule has 0 spiro atoms. The molecule has 19 heavy (non-hydrogen) atoms. The molecule has 0 saturated carbocycles. The van der Waals surface area contributed by atoms with Crippen molar-refractivity contribution in [3.05, 3.63) is 46.2 Å². The van der Waals surface area contributed by atoms with Gasteiger partial charge in [-0.2, -0.15) is 0 Å². The summed E-state index contributed by atoms with van der Waals surface area (Å²) in [7, 11) is 1.96. The third-order valence-electron chi connectivity index (χ3n) is 3.08. The van der Waals surface area contributed by atoms with Crippen molar-refractivity contribution in [2.24, 2.45) is 0 Å². The smallest absolute Gasteiger partial charge is 0.140 e. The fourth-order valence-electron chi connectivity index (χ4n) is 2.29. The van der Waals surface area contributed by atoms with Gasteiger partial charge in [-0.1, -0.05) is 0 Å². The Morgan fingerprint density at radius 2 is 2.26 bits per heavy atom. The molecule has 3 rings (SSSR count). The van der Waals surface area contributed by atoms with Crippen LogP contribution in [0.5, 0.6) is 0 Å². The van der Waals surface area contributed by atoms with Crippen LogP contribution in [0.2, 0.25) is 0 Å². The number of hydrogen-bond donors (Lipinski definition) is 1. The minimum atomic E-state index is 0.836. The van der Waals surface area contributed by atoms with E-state index in [0.717, 1.165) is 23.7 Å². The lowest BCUT2D eigenvalue weighted by atomic mass is 10.2. The molecule has 0 atom stereocenters. The minimum Gasteiger partial charge on any atom is -0.327 e. The van der Waals surface area contributed by atoms with E-state index in [4.69, 9.17) is 0 Å². The monoisotopic (exact) mass is 272 g/mol. The van der Waals surface area contributed by atoms with Crippen molar-refractivity contribution in [2.75, 3.05) is 7.05 Å².